The quantitative estimate of drug-likeness (QED) is 0.103. The van der Waals surface area contributed by atoms with E-state index in [9.17, 15) is 5.41 Å². The number of para-hydroxylation sites is 3. The van der Waals surface area contributed by atoms with Gasteiger partial charge in [-0.2, -0.15) is 0 Å². The molecule has 0 radical (unpaired) electrons. The fourth-order valence-electron chi connectivity index (χ4n) is 10.9. The van der Waals surface area contributed by atoms with E-state index in [2.05, 4.69) is 252 Å². The molecule has 1 unspecified atom stereocenters. The summed E-state index contributed by atoms with van der Waals surface area (Å²) >= 11 is 0. The van der Waals surface area contributed by atoms with Crippen molar-refractivity contribution in [3.63, 3.8) is 0 Å². The lowest BCUT2D eigenvalue weighted by Crippen LogP contribution is -2.36. The van der Waals surface area contributed by atoms with E-state index in [-0.39, 0.29) is 6.17 Å². The minimum absolute atomic E-state index is 0.0219. The van der Waals surface area contributed by atoms with E-state index < -0.39 is 5.41 Å². The third kappa shape index (κ3) is 5.67. The van der Waals surface area contributed by atoms with Gasteiger partial charge in [-0.05, 0) is 109 Å². The van der Waals surface area contributed by atoms with Gasteiger partial charge in [0.25, 0.3) is 0 Å². The minimum Gasteiger partial charge on any atom is -0.310 e. The molecule has 1 saturated heterocycles. The third-order valence-corrected chi connectivity index (χ3v) is 13.8. The highest BCUT2D eigenvalue weighted by Crippen LogP contribution is 2.63. The standard InChI is InChI=1S/C61H42N4/c62-59(65-60-52(43-19-6-2-7-20-43)38-48(40-63(60)65)41-17-4-1-5-18-41)44-33-31-42(32-34-44)45-21-16-22-46(37-45)47-35-36-51-50-25-10-11-26-53(50)61(56(51)39-47)54-27-12-14-29-57(54)64(49-23-8-3-9-24-49)58-30-15-13-28-55(58)61/h1-40,60,62H. The monoisotopic (exact) mass is 830 g/mol. The average Bonchev–Trinajstić information content (AvgIpc) is 4.05. The van der Waals surface area contributed by atoms with Gasteiger partial charge in [-0.15, -0.1) is 0 Å². The molecule has 0 amide bonds. The van der Waals surface area contributed by atoms with Crippen LogP contribution in [0.3, 0.4) is 0 Å². The van der Waals surface area contributed by atoms with Crippen LogP contribution in [0.15, 0.2) is 243 Å². The number of benzene rings is 9. The number of hydrazine groups is 1. The van der Waals surface area contributed by atoms with Gasteiger partial charge in [-0.1, -0.05) is 194 Å². The van der Waals surface area contributed by atoms with Crippen molar-refractivity contribution < 1.29 is 0 Å². The summed E-state index contributed by atoms with van der Waals surface area (Å²) in [5.41, 5.74) is 20.9. The Hall–Kier alpha value is -8.47. The molecule has 9 aromatic rings. The van der Waals surface area contributed by atoms with Crippen LogP contribution in [0.4, 0.5) is 17.1 Å². The molecule has 1 fully saturated rings. The summed E-state index contributed by atoms with van der Waals surface area (Å²) in [4.78, 5) is 2.43. The molecule has 1 aliphatic carbocycles. The number of fused-ring (bicyclic) bond motifs is 10. The molecule has 3 aliphatic heterocycles. The summed E-state index contributed by atoms with van der Waals surface area (Å²) < 4.78 is 0. The fourth-order valence-corrected chi connectivity index (χ4v) is 10.9. The topological polar surface area (TPSA) is 33.1 Å². The van der Waals surface area contributed by atoms with Crippen LogP contribution in [0.1, 0.15) is 38.9 Å². The first kappa shape index (κ1) is 37.1. The molecular weight excluding hydrogens is 789 g/mol. The summed E-state index contributed by atoms with van der Waals surface area (Å²) in [5, 5.41) is 13.7. The Balaban J connectivity index is 0.854. The predicted octanol–water partition coefficient (Wildman–Crippen LogP) is 14.5. The van der Waals surface area contributed by atoms with Crippen molar-refractivity contribution in [2.24, 2.45) is 0 Å². The maximum Gasteiger partial charge on any atom is 0.168 e. The van der Waals surface area contributed by atoms with Crippen molar-refractivity contribution in [1.29, 1.82) is 5.41 Å². The Kier molecular flexibility index (Phi) is 8.31. The maximum absolute atomic E-state index is 9.45. The first-order valence-electron chi connectivity index (χ1n) is 22.4. The molecule has 9 aromatic carbocycles. The second-order valence-corrected chi connectivity index (χ2v) is 17.3. The minimum atomic E-state index is -0.513. The number of rotatable bonds is 6. The van der Waals surface area contributed by atoms with Crippen molar-refractivity contribution in [1.82, 2.24) is 10.0 Å². The molecule has 1 N–H and O–H groups in total. The number of allylic oxidation sites excluding steroid dienone is 2. The van der Waals surface area contributed by atoms with E-state index in [4.69, 9.17) is 0 Å². The van der Waals surface area contributed by atoms with Crippen LogP contribution in [0.2, 0.25) is 0 Å². The van der Waals surface area contributed by atoms with Crippen LogP contribution in [-0.4, -0.2) is 22.0 Å². The zero-order chi connectivity index (χ0) is 43.1. The van der Waals surface area contributed by atoms with Gasteiger partial charge in [-0.3, -0.25) is 10.4 Å². The van der Waals surface area contributed by atoms with Crippen LogP contribution in [0.25, 0.3) is 44.5 Å². The van der Waals surface area contributed by atoms with Crippen molar-refractivity contribution >= 4 is 34.0 Å². The molecule has 1 atom stereocenters. The molecule has 4 nitrogen and oxygen atoms in total. The highest BCUT2D eigenvalue weighted by Gasteiger charge is 2.52. The Bertz CT molecular complexity index is 3360. The fraction of sp³-hybridized carbons (Fsp3) is 0.0328. The van der Waals surface area contributed by atoms with E-state index >= 15 is 0 Å². The zero-order valence-electron chi connectivity index (χ0n) is 35.5. The smallest absolute Gasteiger partial charge is 0.168 e. The molecule has 65 heavy (non-hydrogen) atoms. The number of hydrogen-bond acceptors (Lipinski definition) is 3. The summed E-state index contributed by atoms with van der Waals surface area (Å²) in [5.74, 6) is 0.480. The molecule has 306 valence electrons. The first-order valence-corrected chi connectivity index (χ1v) is 22.4. The van der Waals surface area contributed by atoms with Crippen molar-refractivity contribution in [2.75, 3.05) is 4.90 Å². The van der Waals surface area contributed by atoms with Gasteiger partial charge < -0.3 is 4.90 Å². The van der Waals surface area contributed by atoms with Crippen molar-refractivity contribution in [2.45, 2.75) is 11.6 Å². The Labute approximate surface area is 379 Å². The summed E-state index contributed by atoms with van der Waals surface area (Å²) in [6.07, 6.45) is 4.43. The molecular formula is C61H42N4. The molecule has 4 heteroatoms. The van der Waals surface area contributed by atoms with Gasteiger partial charge in [0.05, 0.1) is 16.8 Å². The number of amidine groups is 1. The predicted molar refractivity (Wildman–Crippen MR) is 266 cm³/mol. The Morgan fingerprint density at radius 3 is 1.63 bits per heavy atom. The zero-order valence-corrected chi connectivity index (χ0v) is 35.5. The second-order valence-electron chi connectivity index (χ2n) is 17.3. The lowest BCUT2D eigenvalue weighted by atomic mass is 9.64. The van der Waals surface area contributed by atoms with E-state index in [1.165, 1.54) is 67.0 Å². The van der Waals surface area contributed by atoms with E-state index in [1.807, 2.05) is 6.07 Å². The Morgan fingerprint density at radius 2 is 0.938 bits per heavy atom. The lowest BCUT2D eigenvalue weighted by Gasteiger charge is -2.45. The van der Waals surface area contributed by atoms with E-state index in [0.717, 1.165) is 33.5 Å². The lowest BCUT2D eigenvalue weighted by molar-refractivity contribution is 0.524. The van der Waals surface area contributed by atoms with Crippen LogP contribution in [0, 0.1) is 5.41 Å². The molecule has 0 saturated carbocycles. The van der Waals surface area contributed by atoms with Gasteiger partial charge in [0.1, 0.15) is 5.84 Å². The van der Waals surface area contributed by atoms with Crippen molar-refractivity contribution in [3.05, 3.63) is 282 Å². The van der Waals surface area contributed by atoms with Gasteiger partial charge in [0, 0.05) is 28.6 Å². The van der Waals surface area contributed by atoms with Gasteiger partial charge in [0.15, 0.2) is 6.17 Å². The van der Waals surface area contributed by atoms with Gasteiger partial charge in [-0.25, -0.2) is 5.01 Å². The molecule has 0 aromatic heterocycles. The van der Waals surface area contributed by atoms with Gasteiger partial charge in [0.2, 0.25) is 0 Å². The van der Waals surface area contributed by atoms with Crippen LogP contribution in [-0.2, 0) is 5.41 Å². The van der Waals surface area contributed by atoms with Crippen LogP contribution < -0.4 is 4.90 Å². The highest BCUT2D eigenvalue weighted by atomic mass is 15.9. The average molecular weight is 831 g/mol. The van der Waals surface area contributed by atoms with E-state index in [1.54, 1.807) is 0 Å². The maximum atomic E-state index is 9.45. The summed E-state index contributed by atoms with van der Waals surface area (Å²) in [6, 6.07) is 83.3. The third-order valence-electron chi connectivity index (χ3n) is 13.8. The number of hydrogen-bond donors (Lipinski definition) is 1. The Morgan fingerprint density at radius 1 is 0.415 bits per heavy atom. The molecule has 4 aliphatic rings. The number of nitrogens with one attached hydrogen (secondary N) is 1. The molecule has 13 rings (SSSR count). The van der Waals surface area contributed by atoms with Crippen LogP contribution in [0.5, 0.6) is 0 Å². The first-order chi connectivity index (χ1) is 32.2. The van der Waals surface area contributed by atoms with E-state index in [0.29, 0.717) is 5.84 Å². The highest BCUT2D eigenvalue weighted by molar-refractivity contribution is 6.02. The molecule has 0 bridgehead atoms. The number of anilines is 3. The summed E-state index contributed by atoms with van der Waals surface area (Å²) in [7, 11) is 0. The molecule has 3 heterocycles. The largest absolute Gasteiger partial charge is 0.310 e. The summed E-state index contributed by atoms with van der Waals surface area (Å²) in [6.45, 7) is 0. The second kappa shape index (κ2) is 14.5. The van der Waals surface area contributed by atoms with Crippen LogP contribution >= 0.6 is 0 Å². The van der Waals surface area contributed by atoms with Crippen molar-refractivity contribution in [3.8, 4) is 33.4 Å². The number of nitrogens with zero attached hydrogens (tertiary/aromatic N) is 3. The normalized spacial score (nSPS) is 15.8. The van der Waals surface area contributed by atoms with Gasteiger partial charge >= 0.3 is 0 Å². The molecule has 1 spiro atoms. The SMILES string of the molecule is N=C(c1ccc(-c2cccc(-c3ccc4c(c3)C3(c5ccccc5-4)c4ccccc4N(c4ccccc4)c4ccccc43)c2)cc1)N1C2C(c3ccccc3)=CC(c3ccccc3)=CN21.